The molecule has 4 rings (SSSR count). The number of thiophene rings is 1. The van der Waals surface area contributed by atoms with Gasteiger partial charge in [-0.25, -0.2) is 4.98 Å². The van der Waals surface area contributed by atoms with Crippen molar-refractivity contribution < 1.29 is 14.5 Å². The third-order valence-corrected chi connectivity index (χ3v) is 5.75. The van der Waals surface area contributed by atoms with Gasteiger partial charge in [0.25, 0.3) is 11.6 Å². The number of nitrogens with one attached hydrogen (secondary N) is 1. The Labute approximate surface area is 175 Å². The summed E-state index contributed by atoms with van der Waals surface area (Å²) in [6.45, 7) is 2.79. The fourth-order valence-electron chi connectivity index (χ4n) is 3.24. The highest BCUT2D eigenvalue weighted by Crippen LogP contribution is 2.33. The standard InChI is InChI=1S/C21H18N4O4S/c1-3-24-16-7-5-4-6-14(16)22-20(24)18-10-11-19(30-18)21(26)23-15-9-8-13(29-2)12-17(15)25(27)28/h4-12H,3H2,1-2H3,(H,23,26). The van der Waals surface area contributed by atoms with Gasteiger partial charge in [-0.3, -0.25) is 14.9 Å². The Morgan fingerprint density at radius 2 is 2.03 bits per heavy atom. The molecule has 8 nitrogen and oxygen atoms in total. The van der Waals surface area contributed by atoms with Crippen molar-refractivity contribution in [3.05, 3.63) is 69.6 Å². The maximum atomic E-state index is 12.7. The SMILES string of the molecule is CCn1c(-c2ccc(C(=O)Nc3ccc(OC)cc3[N+](=O)[O-])s2)nc2ccccc21. The van der Waals surface area contributed by atoms with Crippen molar-refractivity contribution in [2.24, 2.45) is 0 Å². The second kappa shape index (κ2) is 7.96. The fourth-order valence-corrected chi connectivity index (χ4v) is 4.14. The van der Waals surface area contributed by atoms with E-state index in [0.717, 1.165) is 28.3 Å². The maximum Gasteiger partial charge on any atom is 0.296 e. The number of benzene rings is 2. The van der Waals surface area contributed by atoms with Crippen molar-refractivity contribution in [1.29, 1.82) is 0 Å². The van der Waals surface area contributed by atoms with E-state index in [2.05, 4.69) is 9.88 Å². The first kappa shape index (κ1) is 19.6. The summed E-state index contributed by atoms with van der Waals surface area (Å²) in [6, 6.07) is 15.7. The molecule has 0 atom stereocenters. The topological polar surface area (TPSA) is 99.3 Å². The Morgan fingerprint density at radius 1 is 1.23 bits per heavy atom. The quantitative estimate of drug-likeness (QED) is 0.350. The van der Waals surface area contributed by atoms with E-state index in [1.165, 1.54) is 30.6 Å². The van der Waals surface area contributed by atoms with Gasteiger partial charge in [0.2, 0.25) is 0 Å². The number of hydrogen-bond donors (Lipinski definition) is 1. The Kier molecular flexibility index (Phi) is 5.20. The van der Waals surface area contributed by atoms with E-state index in [1.807, 2.05) is 37.3 Å². The van der Waals surface area contributed by atoms with Crippen molar-refractivity contribution in [1.82, 2.24) is 9.55 Å². The van der Waals surface area contributed by atoms with E-state index >= 15 is 0 Å². The second-order valence-electron chi connectivity index (χ2n) is 6.43. The highest BCUT2D eigenvalue weighted by atomic mass is 32.1. The van der Waals surface area contributed by atoms with Gasteiger partial charge in [0, 0.05) is 6.54 Å². The van der Waals surface area contributed by atoms with Crippen LogP contribution in [-0.4, -0.2) is 27.5 Å². The van der Waals surface area contributed by atoms with Crippen LogP contribution in [0.15, 0.2) is 54.6 Å². The lowest BCUT2D eigenvalue weighted by atomic mass is 10.2. The molecular formula is C21H18N4O4S. The summed E-state index contributed by atoms with van der Waals surface area (Å²) >= 11 is 1.29. The highest BCUT2D eigenvalue weighted by molar-refractivity contribution is 7.17. The van der Waals surface area contributed by atoms with Gasteiger partial charge in [-0.1, -0.05) is 12.1 Å². The van der Waals surface area contributed by atoms with E-state index in [0.29, 0.717) is 10.6 Å². The van der Waals surface area contributed by atoms with E-state index < -0.39 is 10.8 Å². The number of hydrogen-bond acceptors (Lipinski definition) is 6. The van der Waals surface area contributed by atoms with Crippen LogP contribution in [0.25, 0.3) is 21.7 Å². The molecule has 1 amide bonds. The lowest BCUT2D eigenvalue weighted by Gasteiger charge is -2.06. The number of methoxy groups -OCH3 is 1. The molecule has 4 aromatic rings. The van der Waals surface area contributed by atoms with E-state index in [9.17, 15) is 14.9 Å². The highest BCUT2D eigenvalue weighted by Gasteiger charge is 2.20. The van der Waals surface area contributed by atoms with Crippen LogP contribution >= 0.6 is 11.3 Å². The molecule has 9 heteroatoms. The molecule has 0 saturated carbocycles. The Balaban J connectivity index is 1.64. The number of nitro benzene ring substituents is 1. The van der Waals surface area contributed by atoms with E-state index in [-0.39, 0.29) is 11.4 Å². The number of aromatic nitrogens is 2. The Morgan fingerprint density at radius 3 is 2.77 bits per heavy atom. The van der Waals surface area contributed by atoms with Gasteiger partial charge >= 0.3 is 0 Å². The van der Waals surface area contributed by atoms with Gasteiger partial charge < -0.3 is 14.6 Å². The number of imidazole rings is 1. The normalized spacial score (nSPS) is 10.9. The summed E-state index contributed by atoms with van der Waals surface area (Å²) in [5, 5.41) is 14.0. The molecule has 2 aromatic heterocycles. The summed E-state index contributed by atoms with van der Waals surface area (Å²) < 4.78 is 7.12. The van der Waals surface area contributed by atoms with Crippen LogP contribution in [0.3, 0.4) is 0 Å². The molecule has 0 radical (unpaired) electrons. The van der Waals surface area contributed by atoms with Crippen LogP contribution in [0.1, 0.15) is 16.6 Å². The number of aryl methyl sites for hydroxylation is 1. The van der Waals surface area contributed by atoms with Crippen LogP contribution in [0.5, 0.6) is 5.75 Å². The minimum atomic E-state index is -0.554. The minimum Gasteiger partial charge on any atom is -0.496 e. The fraction of sp³-hybridized carbons (Fsp3) is 0.143. The third kappa shape index (κ3) is 3.50. The monoisotopic (exact) mass is 422 g/mol. The zero-order valence-corrected chi connectivity index (χ0v) is 17.1. The van der Waals surface area contributed by atoms with Crippen LogP contribution in [0.4, 0.5) is 11.4 Å². The Hall–Kier alpha value is -3.72. The molecule has 0 aliphatic carbocycles. The molecule has 0 saturated heterocycles. The lowest BCUT2D eigenvalue weighted by molar-refractivity contribution is -0.384. The second-order valence-corrected chi connectivity index (χ2v) is 7.51. The number of carbonyl (C=O) groups is 1. The molecule has 0 bridgehead atoms. The van der Waals surface area contributed by atoms with Gasteiger partial charge in [0.05, 0.1) is 38.9 Å². The summed E-state index contributed by atoms with van der Waals surface area (Å²) in [5.74, 6) is 0.716. The van der Waals surface area contributed by atoms with Crippen molar-refractivity contribution in [2.75, 3.05) is 12.4 Å². The Bertz CT molecular complexity index is 1260. The van der Waals surface area contributed by atoms with Crippen LogP contribution in [0, 0.1) is 10.1 Å². The predicted molar refractivity (Wildman–Crippen MR) is 116 cm³/mol. The molecule has 0 spiro atoms. The first-order valence-corrected chi connectivity index (χ1v) is 10.0. The average molecular weight is 422 g/mol. The van der Waals surface area contributed by atoms with Gasteiger partial charge in [0.15, 0.2) is 5.82 Å². The van der Waals surface area contributed by atoms with Crippen molar-refractivity contribution in [2.45, 2.75) is 13.5 Å². The van der Waals surface area contributed by atoms with Crippen LogP contribution in [-0.2, 0) is 6.54 Å². The van der Waals surface area contributed by atoms with Gasteiger partial charge in [-0.15, -0.1) is 11.3 Å². The number of anilines is 1. The number of amides is 1. The molecule has 0 fully saturated rings. The van der Waals surface area contributed by atoms with Crippen molar-refractivity contribution in [3.8, 4) is 16.5 Å². The molecule has 30 heavy (non-hydrogen) atoms. The predicted octanol–water partition coefficient (Wildman–Crippen LogP) is 4.95. The summed E-state index contributed by atoms with van der Waals surface area (Å²) in [5.41, 5.74) is 1.81. The minimum absolute atomic E-state index is 0.113. The van der Waals surface area contributed by atoms with Crippen LogP contribution < -0.4 is 10.1 Å². The number of nitro groups is 1. The van der Waals surface area contributed by atoms with Gasteiger partial charge in [0.1, 0.15) is 11.4 Å². The summed E-state index contributed by atoms with van der Waals surface area (Å²) in [7, 11) is 1.42. The molecule has 0 aliphatic rings. The van der Waals surface area contributed by atoms with E-state index in [1.54, 1.807) is 12.1 Å². The average Bonchev–Trinajstić information content (AvgIpc) is 3.38. The third-order valence-electron chi connectivity index (χ3n) is 4.67. The lowest BCUT2D eigenvalue weighted by Crippen LogP contribution is -2.11. The first-order chi connectivity index (χ1) is 14.5. The maximum absolute atomic E-state index is 12.7. The number of nitrogens with zero attached hydrogens (tertiary/aromatic N) is 3. The van der Waals surface area contributed by atoms with Crippen molar-refractivity contribution >= 4 is 39.7 Å². The molecule has 2 heterocycles. The summed E-state index contributed by atoms with van der Waals surface area (Å²) in [6.07, 6.45) is 0. The number of ether oxygens (including phenoxy) is 1. The number of fused-ring (bicyclic) bond motifs is 1. The summed E-state index contributed by atoms with van der Waals surface area (Å²) in [4.78, 5) is 29.5. The molecular weight excluding hydrogens is 404 g/mol. The largest absolute Gasteiger partial charge is 0.496 e. The number of carbonyl (C=O) groups excluding carboxylic acids is 1. The van der Waals surface area contributed by atoms with E-state index in [4.69, 9.17) is 9.72 Å². The van der Waals surface area contributed by atoms with Crippen LogP contribution in [0.2, 0.25) is 0 Å². The zero-order valence-electron chi connectivity index (χ0n) is 16.3. The molecule has 0 unspecified atom stereocenters. The number of rotatable bonds is 6. The molecule has 1 N–H and O–H groups in total. The zero-order chi connectivity index (χ0) is 21.3. The number of para-hydroxylation sites is 2. The van der Waals surface area contributed by atoms with Crippen molar-refractivity contribution in [3.63, 3.8) is 0 Å². The molecule has 2 aromatic carbocycles. The molecule has 152 valence electrons. The first-order valence-electron chi connectivity index (χ1n) is 9.21. The molecule has 0 aliphatic heterocycles. The van der Waals surface area contributed by atoms with Gasteiger partial charge in [-0.05, 0) is 43.3 Å². The van der Waals surface area contributed by atoms with Gasteiger partial charge in [-0.2, -0.15) is 0 Å². The smallest absolute Gasteiger partial charge is 0.296 e.